The molecule has 8 nitrogen and oxygen atoms in total. The molecule has 1 fully saturated rings. The molecule has 1 atom stereocenters. The van der Waals surface area contributed by atoms with E-state index in [2.05, 4.69) is 44.5 Å². The van der Waals surface area contributed by atoms with Gasteiger partial charge < -0.3 is 19.4 Å². The highest BCUT2D eigenvalue weighted by atomic mass is 127. The number of H-pyrrole nitrogens is 1. The fourth-order valence-corrected chi connectivity index (χ4v) is 3.56. The number of benzene rings is 1. The molecular formula is C21H27IN6O2. The largest absolute Gasteiger partial charge is 0.497 e. The maximum absolute atomic E-state index is 5.34. The van der Waals surface area contributed by atoms with E-state index in [-0.39, 0.29) is 24.0 Å². The summed E-state index contributed by atoms with van der Waals surface area (Å²) in [6.45, 7) is 5.23. The highest BCUT2D eigenvalue weighted by Crippen LogP contribution is 2.28. The van der Waals surface area contributed by atoms with Crippen molar-refractivity contribution >= 4 is 29.9 Å². The molecule has 3 heterocycles. The van der Waals surface area contributed by atoms with Crippen LogP contribution in [0.2, 0.25) is 0 Å². The Bertz CT molecular complexity index is 939. The average molecular weight is 522 g/mol. The second-order valence-electron chi connectivity index (χ2n) is 6.96. The highest BCUT2D eigenvalue weighted by molar-refractivity contribution is 14.0. The van der Waals surface area contributed by atoms with Crippen LogP contribution in [0.25, 0.3) is 11.6 Å². The van der Waals surface area contributed by atoms with Gasteiger partial charge >= 0.3 is 0 Å². The fourth-order valence-electron chi connectivity index (χ4n) is 3.56. The van der Waals surface area contributed by atoms with Crippen LogP contribution in [0.15, 0.2) is 52.1 Å². The molecule has 1 aliphatic heterocycles. The van der Waals surface area contributed by atoms with E-state index in [9.17, 15) is 0 Å². The molecule has 1 unspecified atom stereocenters. The van der Waals surface area contributed by atoms with Crippen LogP contribution in [0.4, 0.5) is 0 Å². The molecule has 1 aromatic carbocycles. The summed E-state index contributed by atoms with van der Waals surface area (Å²) in [6.07, 6.45) is 2.71. The van der Waals surface area contributed by atoms with Crippen molar-refractivity contribution in [1.29, 1.82) is 0 Å². The van der Waals surface area contributed by atoms with Gasteiger partial charge in [0.1, 0.15) is 18.1 Å². The lowest BCUT2D eigenvalue weighted by Crippen LogP contribution is -2.40. The van der Waals surface area contributed by atoms with Crippen molar-refractivity contribution in [3.05, 3.63) is 54.0 Å². The molecule has 4 rings (SSSR count). The third-order valence-corrected chi connectivity index (χ3v) is 5.06. The predicted octanol–water partition coefficient (Wildman–Crippen LogP) is 3.65. The van der Waals surface area contributed by atoms with Crippen molar-refractivity contribution in [2.45, 2.75) is 25.8 Å². The summed E-state index contributed by atoms with van der Waals surface area (Å²) >= 11 is 0. The smallest absolute Gasteiger partial charge is 0.216 e. The number of furan rings is 1. The number of hydrogen-bond acceptors (Lipinski definition) is 5. The number of aromatic amines is 1. The van der Waals surface area contributed by atoms with Crippen LogP contribution in [0.5, 0.6) is 5.75 Å². The Morgan fingerprint density at radius 3 is 2.87 bits per heavy atom. The maximum Gasteiger partial charge on any atom is 0.216 e. The lowest BCUT2D eigenvalue weighted by atomic mass is 9.98. The fraction of sp³-hybridized carbons (Fsp3) is 0.381. The van der Waals surface area contributed by atoms with Crippen LogP contribution in [0, 0.1) is 0 Å². The van der Waals surface area contributed by atoms with E-state index >= 15 is 0 Å². The van der Waals surface area contributed by atoms with E-state index in [0.29, 0.717) is 29.9 Å². The third-order valence-electron chi connectivity index (χ3n) is 5.06. The number of halogens is 1. The molecule has 30 heavy (non-hydrogen) atoms. The zero-order valence-corrected chi connectivity index (χ0v) is 19.5. The number of ether oxygens (including phenoxy) is 1. The summed E-state index contributed by atoms with van der Waals surface area (Å²) in [6, 6.07) is 12.0. The number of aromatic nitrogens is 3. The molecule has 2 aromatic heterocycles. The zero-order chi connectivity index (χ0) is 20.1. The Morgan fingerprint density at radius 1 is 1.33 bits per heavy atom. The molecule has 3 aromatic rings. The number of guanidine groups is 1. The van der Waals surface area contributed by atoms with E-state index in [1.807, 2.05) is 24.3 Å². The first-order valence-corrected chi connectivity index (χ1v) is 9.89. The molecule has 2 N–H and O–H groups in total. The van der Waals surface area contributed by atoms with Gasteiger partial charge in [-0.2, -0.15) is 0 Å². The predicted molar refractivity (Wildman–Crippen MR) is 126 cm³/mol. The standard InChI is InChI=1S/C21H26N6O2.HI/c1-3-22-21(23-13-19-24-20(26-25-19)18-5-4-12-29-18)27-11-10-16(14-27)15-6-8-17(28-2)9-7-15;/h4-9,12,16H,3,10-11,13-14H2,1-2H3,(H,22,23)(H,24,25,26);1H. The maximum atomic E-state index is 5.34. The number of nitrogens with one attached hydrogen (secondary N) is 2. The SMILES string of the molecule is CCNC(=NCc1nc(-c2ccco2)n[nH]1)N1CCC(c2ccc(OC)cc2)C1.I. The summed E-state index contributed by atoms with van der Waals surface area (Å²) in [7, 11) is 1.69. The van der Waals surface area contributed by atoms with E-state index in [4.69, 9.17) is 14.1 Å². The summed E-state index contributed by atoms with van der Waals surface area (Å²) < 4.78 is 10.6. The van der Waals surface area contributed by atoms with Gasteiger partial charge in [0.25, 0.3) is 0 Å². The minimum absolute atomic E-state index is 0. The Labute approximate surface area is 193 Å². The average Bonchev–Trinajstić information content (AvgIpc) is 3.52. The first-order chi connectivity index (χ1) is 14.3. The van der Waals surface area contributed by atoms with E-state index in [0.717, 1.165) is 37.8 Å². The van der Waals surface area contributed by atoms with Crippen molar-refractivity contribution in [3.63, 3.8) is 0 Å². The Kier molecular flexibility index (Phi) is 7.72. The first kappa shape index (κ1) is 22.1. The quantitative estimate of drug-likeness (QED) is 0.292. The minimum atomic E-state index is 0. The minimum Gasteiger partial charge on any atom is -0.497 e. The highest BCUT2D eigenvalue weighted by Gasteiger charge is 2.26. The first-order valence-electron chi connectivity index (χ1n) is 9.89. The Balaban J connectivity index is 0.00000256. The van der Waals surface area contributed by atoms with Crippen molar-refractivity contribution in [2.75, 3.05) is 26.7 Å². The van der Waals surface area contributed by atoms with Crippen LogP contribution in [0.1, 0.15) is 30.7 Å². The molecule has 9 heteroatoms. The van der Waals surface area contributed by atoms with Gasteiger partial charge in [0, 0.05) is 25.6 Å². The number of hydrogen-bond donors (Lipinski definition) is 2. The van der Waals surface area contributed by atoms with Crippen molar-refractivity contribution in [1.82, 2.24) is 25.4 Å². The van der Waals surface area contributed by atoms with E-state index in [1.165, 1.54) is 5.56 Å². The van der Waals surface area contributed by atoms with Crippen LogP contribution >= 0.6 is 24.0 Å². The molecule has 1 saturated heterocycles. The summed E-state index contributed by atoms with van der Waals surface area (Å²) in [5, 5.41) is 10.5. The summed E-state index contributed by atoms with van der Waals surface area (Å²) in [5.41, 5.74) is 1.34. The summed E-state index contributed by atoms with van der Waals surface area (Å²) in [4.78, 5) is 11.5. The topological polar surface area (TPSA) is 91.6 Å². The van der Waals surface area contributed by atoms with Crippen LogP contribution < -0.4 is 10.1 Å². The van der Waals surface area contributed by atoms with Gasteiger partial charge in [0.15, 0.2) is 11.7 Å². The molecule has 0 amide bonds. The van der Waals surface area contributed by atoms with Gasteiger partial charge in [-0.05, 0) is 43.2 Å². The molecule has 0 spiro atoms. The second kappa shape index (κ2) is 10.5. The van der Waals surface area contributed by atoms with E-state index in [1.54, 1.807) is 13.4 Å². The van der Waals surface area contributed by atoms with Gasteiger partial charge in [-0.3, -0.25) is 5.10 Å². The van der Waals surface area contributed by atoms with Crippen LogP contribution in [-0.4, -0.2) is 52.8 Å². The van der Waals surface area contributed by atoms with Crippen molar-refractivity contribution in [3.8, 4) is 17.3 Å². The molecular weight excluding hydrogens is 495 g/mol. The lowest BCUT2D eigenvalue weighted by Gasteiger charge is -2.21. The van der Waals surface area contributed by atoms with Gasteiger partial charge in [-0.25, -0.2) is 9.98 Å². The molecule has 1 aliphatic rings. The van der Waals surface area contributed by atoms with Crippen LogP contribution in [-0.2, 0) is 6.54 Å². The van der Waals surface area contributed by atoms with Gasteiger partial charge in [-0.15, -0.1) is 29.1 Å². The molecule has 0 radical (unpaired) electrons. The number of rotatable bonds is 6. The molecule has 0 bridgehead atoms. The number of likely N-dealkylation sites (tertiary alicyclic amines) is 1. The number of methoxy groups -OCH3 is 1. The molecule has 0 aliphatic carbocycles. The Hall–Kier alpha value is -2.56. The van der Waals surface area contributed by atoms with Gasteiger partial charge in [0.2, 0.25) is 5.82 Å². The van der Waals surface area contributed by atoms with Gasteiger partial charge in [-0.1, -0.05) is 12.1 Å². The number of nitrogens with zero attached hydrogens (tertiary/aromatic N) is 4. The van der Waals surface area contributed by atoms with Crippen molar-refractivity contribution in [2.24, 2.45) is 4.99 Å². The Morgan fingerprint density at radius 2 is 2.17 bits per heavy atom. The van der Waals surface area contributed by atoms with Gasteiger partial charge in [0.05, 0.1) is 13.4 Å². The number of aliphatic imine (C=N–C) groups is 1. The normalized spacial score (nSPS) is 16.4. The molecule has 160 valence electrons. The van der Waals surface area contributed by atoms with Crippen molar-refractivity contribution < 1.29 is 9.15 Å². The van der Waals surface area contributed by atoms with Crippen LogP contribution in [0.3, 0.4) is 0 Å². The lowest BCUT2D eigenvalue weighted by molar-refractivity contribution is 0.414. The second-order valence-corrected chi connectivity index (χ2v) is 6.96. The summed E-state index contributed by atoms with van der Waals surface area (Å²) in [5.74, 6) is 4.17. The molecule has 0 saturated carbocycles. The third kappa shape index (κ3) is 5.13. The van der Waals surface area contributed by atoms with E-state index < -0.39 is 0 Å². The zero-order valence-electron chi connectivity index (χ0n) is 17.2. The monoisotopic (exact) mass is 522 g/mol.